The van der Waals surface area contributed by atoms with Crippen molar-refractivity contribution in [1.29, 1.82) is 0 Å². The largest absolute Gasteiger partial charge is 0.494 e. The lowest BCUT2D eigenvalue weighted by Crippen LogP contribution is -2.31. The van der Waals surface area contributed by atoms with E-state index in [-0.39, 0.29) is 17.9 Å². The summed E-state index contributed by atoms with van der Waals surface area (Å²) in [7, 11) is 0. The molecule has 2 aliphatic rings. The van der Waals surface area contributed by atoms with Crippen LogP contribution in [0.5, 0.6) is 11.5 Å². The van der Waals surface area contributed by atoms with Crippen LogP contribution in [0.25, 0.3) is 6.08 Å². The molecule has 1 fully saturated rings. The van der Waals surface area contributed by atoms with Crippen molar-refractivity contribution in [2.24, 2.45) is 11.0 Å². The van der Waals surface area contributed by atoms with Gasteiger partial charge < -0.3 is 9.47 Å². The lowest BCUT2D eigenvalue weighted by molar-refractivity contribution is 0.0681. The lowest BCUT2D eigenvalue weighted by atomic mass is 9.77. The van der Waals surface area contributed by atoms with Gasteiger partial charge in [-0.2, -0.15) is 5.10 Å². The Bertz CT molecular complexity index is 1290. The van der Waals surface area contributed by atoms with E-state index in [1.807, 2.05) is 69.3 Å². The van der Waals surface area contributed by atoms with Crippen molar-refractivity contribution >= 4 is 17.7 Å². The average Bonchev–Trinajstić information content (AvgIpc) is 3.31. The van der Waals surface area contributed by atoms with E-state index in [9.17, 15) is 4.79 Å². The highest BCUT2D eigenvalue weighted by Crippen LogP contribution is 2.45. The number of aryl methyl sites for hydroxylation is 1. The van der Waals surface area contributed by atoms with Gasteiger partial charge in [0.25, 0.3) is 5.91 Å². The van der Waals surface area contributed by atoms with E-state index in [0.29, 0.717) is 18.8 Å². The number of carbonyl (C=O) groups is 1. The predicted octanol–water partition coefficient (Wildman–Crippen LogP) is 7.23. The Hall–Kier alpha value is -3.86. The molecule has 3 aromatic rings. The smallest absolute Gasteiger partial charge is 0.274 e. The summed E-state index contributed by atoms with van der Waals surface area (Å²) in [5, 5.41) is 6.75. The Kier molecular flexibility index (Phi) is 7.40. The summed E-state index contributed by atoms with van der Waals surface area (Å²) in [5.74, 6) is 1.78. The first-order valence-corrected chi connectivity index (χ1v) is 13.2. The maximum atomic E-state index is 13.8. The van der Waals surface area contributed by atoms with Gasteiger partial charge in [0.1, 0.15) is 11.5 Å². The van der Waals surface area contributed by atoms with E-state index in [4.69, 9.17) is 14.6 Å². The molecule has 2 atom stereocenters. The molecule has 1 heterocycles. The number of hydrazone groups is 1. The van der Waals surface area contributed by atoms with E-state index in [1.54, 1.807) is 5.01 Å². The number of allylic oxidation sites excluding steroid dienone is 1. The van der Waals surface area contributed by atoms with Crippen LogP contribution in [-0.2, 0) is 0 Å². The van der Waals surface area contributed by atoms with Crippen molar-refractivity contribution in [1.82, 2.24) is 5.01 Å². The molecule has 0 aromatic heterocycles. The number of hydrogen-bond acceptors (Lipinski definition) is 4. The average molecular weight is 495 g/mol. The van der Waals surface area contributed by atoms with E-state index in [0.717, 1.165) is 53.2 Å². The second-order valence-electron chi connectivity index (χ2n) is 9.62. The molecule has 0 saturated heterocycles. The van der Waals surface area contributed by atoms with Crippen molar-refractivity contribution < 1.29 is 14.3 Å². The van der Waals surface area contributed by atoms with Gasteiger partial charge >= 0.3 is 0 Å². The molecule has 0 bridgehead atoms. The van der Waals surface area contributed by atoms with E-state index >= 15 is 0 Å². The van der Waals surface area contributed by atoms with Crippen LogP contribution in [0.4, 0.5) is 0 Å². The van der Waals surface area contributed by atoms with Crippen molar-refractivity contribution in [3.05, 3.63) is 101 Å². The second kappa shape index (κ2) is 11.0. The number of fused-ring (bicyclic) bond motifs is 1. The van der Waals surface area contributed by atoms with E-state index < -0.39 is 0 Å². The molecule has 1 aliphatic heterocycles. The number of ether oxygens (including phenoxy) is 2. The minimum atomic E-state index is -0.150. The summed E-state index contributed by atoms with van der Waals surface area (Å²) in [6, 6.07) is 23.9. The first kappa shape index (κ1) is 24.8. The second-order valence-corrected chi connectivity index (χ2v) is 9.62. The first-order chi connectivity index (χ1) is 18.1. The third-order valence-electron chi connectivity index (χ3n) is 7.07. The molecule has 0 radical (unpaired) electrons. The molecule has 190 valence electrons. The van der Waals surface area contributed by atoms with Crippen molar-refractivity contribution in [3.8, 4) is 11.5 Å². The predicted molar refractivity (Wildman–Crippen MR) is 148 cm³/mol. The molecule has 1 aliphatic carbocycles. The zero-order valence-corrected chi connectivity index (χ0v) is 21.8. The summed E-state index contributed by atoms with van der Waals surface area (Å²) in [6.45, 7) is 7.26. The normalized spacial score (nSPS) is 19.9. The quantitative estimate of drug-likeness (QED) is 0.348. The van der Waals surface area contributed by atoms with E-state index in [2.05, 4.69) is 30.3 Å². The molecule has 0 spiro atoms. The minimum Gasteiger partial charge on any atom is -0.494 e. The maximum Gasteiger partial charge on any atom is 0.274 e. The van der Waals surface area contributed by atoms with Gasteiger partial charge in [-0.25, -0.2) is 5.01 Å². The molecule has 1 saturated carbocycles. The molecule has 37 heavy (non-hydrogen) atoms. The molecule has 5 heteroatoms. The summed E-state index contributed by atoms with van der Waals surface area (Å²) in [4.78, 5) is 13.8. The Morgan fingerprint density at radius 2 is 1.54 bits per heavy atom. The topological polar surface area (TPSA) is 51.1 Å². The van der Waals surface area contributed by atoms with Crippen molar-refractivity contribution in [2.45, 2.75) is 46.1 Å². The van der Waals surface area contributed by atoms with Gasteiger partial charge in [-0.05, 0) is 99.2 Å². The van der Waals surface area contributed by atoms with Crippen LogP contribution in [0.1, 0.15) is 66.2 Å². The van der Waals surface area contributed by atoms with Gasteiger partial charge in [0.2, 0.25) is 0 Å². The summed E-state index contributed by atoms with van der Waals surface area (Å²) < 4.78 is 11.3. The lowest BCUT2D eigenvalue weighted by Gasteiger charge is -2.30. The molecular weight excluding hydrogens is 460 g/mol. The molecule has 5 rings (SSSR count). The Morgan fingerprint density at radius 1 is 0.919 bits per heavy atom. The number of nitrogens with zero attached hydrogens (tertiary/aromatic N) is 2. The number of amides is 1. The first-order valence-electron chi connectivity index (χ1n) is 13.2. The van der Waals surface area contributed by atoms with Crippen LogP contribution in [-0.4, -0.2) is 29.8 Å². The Morgan fingerprint density at radius 3 is 2.16 bits per heavy atom. The highest BCUT2D eigenvalue weighted by atomic mass is 16.5. The maximum absolute atomic E-state index is 13.8. The SMILES string of the molecule is CCOc1ccc(C=C2CCCC3C2=NN(C(=O)c2ccc(C)cc2)C3c2ccc(OCC)cc2)cc1. The fraction of sp³-hybridized carbons (Fsp3) is 0.312. The zero-order valence-electron chi connectivity index (χ0n) is 21.8. The number of hydrogen-bond donors (Lipinski definition) is 0. The summed E-state index contributed by atoms with van der Waals surface area (Å²) >= 11 is 0. The van der Waals surface area contributed by atoms with Crippen molar-refractivity contribution in [3.63, 3.8) is 0 Å². The van der Waals surface area contributed by atoms with Crippen LogP contribution < -0.4 is 9.47 Å². The highest BCUT2D eigenvalue weighted by Gasteiger charge is 2.43. The molecule has 5 nitrogen and oxygen atoms in total. The standard InChI is InChI=1S/C32H34N2O3/c1-4-36-27-17-11-23(12-18-27)21-26-7-6-8-29-30(26)33-34(32(35)25-13-9-22(3)10-14-25)31(29)24-15-19-28(20-16-24)37-5-2/h9-21,29,31H,4-8H2,1-3H3. The van der Waals surface area contributed by atoms with E-state index in [1.165, 1.54) is 5.57 Å². The number of rotatable bonds is 7. The number of carbonyl (C=O) groups excluding carboxylic acids is 1. The highest BCUT2D eigenvalue weighted by molar-refractivity contribution is 6.09. The monoisotopic (exact) mass is 494 g/mol. The van der Waals surface area contributed by atoms with Crippen LogP contribution in [0.2, 0.25) is 0 Å². The van der Waals surface area contributed by atoms with Crippen LogP contribution in [0, 0.1) is 12.8 Å². The van der Waals surface area contributed by atoms with Crippen LogP contribution >= 0.6 is 0 Å². The van der Waals surface area contributed by atoms with Gasteiger partial charge in [-0.15, -0.1) is 0 Å². The fourth-order valence-electron chi connectivity index (χ4n) is 5.29. The Balaban J connectivity index is 1.52. The Labute approximate surface area is 219 Å². The van der Waals surface area contributed by atoms with Crippen molar-refractivity contribution in [2.75, 3.05) is 13.2 Å². The van der Waals surface area contributed by atoms with Gasteiger partial charge in [0.15, 0.2) is 0 Å². The van der Waals surface area contributed by atoms with Crippen LogP contribution in [0.15, 0.2) is 83.5 Å². The summed E-state index contributed by atoms with van der Waals surface area (Å²) in [5.41, 5.74) is 6.20. The summed E-state index contributed by atoms with van der Waals surface area (Å²) in [6.07, 6.45) is 5.22. The molecule has 0 N–H and O–H groups in total. The third kappa shape index (κ3) is 5.31. The zero-order chi connectivity index (χ0) is 25.8. The third-order valence-corrected chi connectivity index (χ3v) is 7.07. The number of benzene rings is 3. The van der Waals surface area contributed by atoms with Gasteiger partial charge in [-0.1, -0.05) is 42.0 Å². The van der Waals surface area contributed by atoms with Crippen LogP contribution in [0.3, 0.4) is 0 Å². The fourth-order valence-corrected chi connectivity index (χ4v) is 5.29. The van der Waals surface area contributed by atoms with Gasteiger partial charge in [0.05, 0.1) is 25.0 Å². The molecule has 1 amide bonds. The molecule has 2 unspecified atom stereocenters. The molecule has 3 aromatic carbocycles. The van der Waals surface area contributed by atoms with Gasteiger partial charge in [-0.3, -0.25) is 4.79 Å². The minimum absolute atomic E-state index is 0.0683. The molecular formula is C32H34N2O3. The van der Waals surface area contributed by atoms with Gasteiger partial charge in [0, 0.05) is 11.5 Å².